The zero-order valence-corrected chi connectivity index (χ0v) is 12.4. The number of rotatable bonds is 5. The lowest BCUT2D eigenvalue weighted by Crippen LogP contribution is -2.40. The zero-order valence-electron chi connectivity index (χ0n) is 12.4. The van der Waals surface area contributed by atoms with Gasteiger partial charge in [-0.05, 0) is 30.6 Å². The number of carbonyl (C=O) groups excluding carboxylic acids is 1. The highest BCUT2D eigenvalue weighted by Gasteiger charge is 2.51. The van der Waals surface area contributed by atoms with Crippen LogP contribution in [0, 0.1) is 17.8 Å². The number of nitrogens with one attached hydrogen (secondary N) is 1. The third-order valence-corrected chi connectivity index (χ3v) is 4.36. The second kappa shape index (κ2) is 5.20. The third-order valence-electron chi connectivity index (χ3n) is 4.36. The first kappa shape index (κ1) is 13.9. The molecule has 3 nitrogen and oxygen atoms in total. The van der Waals surface area contributed by atoms with Crippen LogP contribution in [0.3, 0.4) is 0 Å². The minimum Gasteiger partial charge on any atom is -0.323 e. The monoisotopic (exact) mass is 252 g/mol. The van der Waals surface area contributed by atoms with E-state index in [0.29, 0.717) is 23.8 Å². The minimum absolute atomic E-state index is 0.0341. The molecule has 0 aromatic carbocycles. The van der Waals surface area contributed by atoms with Crippen LogP contribution in [-0.4, -0.2) is 29.1 Å². The van der Waals surface area contributed by atoms with Crippen LogP contribution < -0.4 is 5.32 Å². The largest absolute Gasteiger partial charge is 0.323 e. The number of carbonyl (C=O) groups is 1. The van der Waals surface area contributed by atoms with Crippen molar-refractivity contribution in [1.29, 1.82) is 0 Å². The molecule has 0 radical (unpaired) electrons. The number of nitrogens with zero attached hydrogens (tertiary/aromatic N) is 1. The van der Waals surface area contributed by atoms with Crippen LogP contribution in [0.4, 0.5) is 0 Å². The number of amides is 1. The summed E-state index contributed by atoms with van der Waals surface area (Å²) in [5.74, 6) is 2.10. The highest BCUT2D eigenvalue weighted by Crippen LogP contribution is 2.42. The summed E-state index contributed by atoms with van der Waals surface area (Å²) in [5, 5.41) is 3.56. The molecule has 0 aromatic rings. The molecule has 4 atom stereocenters. The van der Waals surface area contributed by atoms with Gasteiger partial charge < -0.3 is 4.90 Å². The summed E-state index contributed by atoms with van der Waals surface area (Å²) in [6.45, 7) is 11.0. The summed E-state index contributed by atoms with van der Waals surface area (Å²) in [6.07, 6.45) is 3.76. The van der Waals surface area contributed by atoms with Crippen LogP contribution in [0.15, 0.2) is 0 Å². The smallest absolute Gasteiger partial charge is 0.241 e. The van der Waals surface area contributed by atoms with Gasteiger partial charge in [0.1, 0.15) is 0 Å². The lowest BCUT2D eigenvalue weighted by atomic mass is 10.0. The molecular formula is C15H28N2O. The Bertz CT molecular complexity index is 314. The molecule has 1 amide bonds. The van der Waals surface area contributed by atoms with Crippen molar-refractivity contribution in [1.82, 2.24) is 10.2 Å². The first-order valence-corrected chi connectivity index (χ1v) is 7.53. The second-order valence-electron chi connectivity index (χ2n) is 6.75. The molecule has 1 N–H and O–H groups in total. The first-order valence-electron chi connectivity index (χ1n) is 7.53. The van der Waals surface area contributed by atoms with E-state index in [9.17, 15) is 4.79 Å². The topological polar surface area (TPSA) is 32.3 Å². The lowest BCUT2D eigenvalue weighted by molar-refractivity contribution is -0.131. The van der Waals surface area contributed by atoms with E-state index in [1.165, 1.54) is 12.8 Å². The fourth-order valence-corrected chi connectivity index (χ4v) is 3.18. The van der Waals surface area contributed by atoms with E-state index in [4.69, 9.17) is 0 Å². The SMILES string of the molecule is CCC1CC1N1C(=O)C(C(C)C)NC1CC(C)C. The third kappa shape index (κ3) is 2.56. The predicted octanol–water partition coefficient (Wildman–Crippen LogP) is 2.61. The summed E-state index contributed by atoms with van der Waals surface area (Å²) in [7, 11) is 0. The van der Waals surface area contributed by atoms with Gasteiger partial charge in [-0.1, -0.05) is 41.0 Å². The highest BCUT2D eigenvalue weighted by molar-refractivity contribution is 5.85. The maximum Gasteiger partial charge on any atom is 0.241 e. The second-order valence-corrected chi connectivity index (χ2v) is 6.75. The van der Waals surface area contributed by atoms with Gasteiger partial charge in [-0.2, -0.15) is 0 Å². The molecule has 18 heavy (non-hydrogen) atoms. The zero-order chi connectivity index (χ0) is 13.4. The molecule has 2 fully saturated rings. The van der Waals surface area contributed by atoms with Crippen molar-refractivity contribution in [2.45, 2.75) is 72.1 Å². The van der Waals surface area contributed by atoms with Crippen molar-refractivity contribution in [3.63, 3.8) is 0 Å². The summed E-state index contributed by atoms with van der Waals surface area (Å²) >= 11 is 0. The van der Waals surface area contributed by atoms with Crippen molar-refractivity contribution in [3.8, 4) is 0 Å². The standard InChI is InChI=1S/C15H28N2O/c1-6-11-8-12(11)17-13(7-9(2)3)16-14(10(4)5)15(17)18/h9-14,16H,6-8H2,1-5H3. The molecule has 104 valence electrons. The van der Waals surface area contributed by atoms with E-state index >= 15 is 0 Å². The van der Waals surface area contributed by atoms with Gasteiger partial charge in [-0.15, -0.1) is 0 Å². The number of hydrogen-bond donors (Lipinski definition) is 1. The van der Waals surface area contributed by atoms with Crippen molar-refractivity contribution < 1.29 is 4.79 Å². The molecule has 2 rings (SSSR count). The Kier molecular flexibility index (Phi) is 4.00. The molecule has 1 heterocycles. The Hall–Kier alpha value is -0.570. The van der Waals surface area contributed by atoms with Gasteiger partial charge in [0.05, 0.1) is 12.2 Å². The predicted molar refractivity (Wildman–Crippen MR) is 74.0 cm³/mol. The maximum atomic E-state index is 12.5. The van der Waals surface area contributed by atoms with E-state index in [1.54, 1.807) is 0 Å². The maximum absolute atomic E-state index is 12.5. The highest BCUT2D eigenvalue weighted by atomic mass is 16.2. The summed E-state index contributed by atoms with van der Waals surface area (Å²) < 4.78 is 0. The average Bonchev–Trinajstić information content (AvgIpc) is 2.97. The van der Waals surface area contributed by atoms with E-state index in [2.05, 4.69) is 44.8 Å². The summed E-state index contributed by atoms with van der Waals surface area (Å²) in [5.41, 5.74) is 0. The van der Waals surface area contributed by atoms with Gasteiger partial charge in [-0.25, -0.2) is 0 Å². The van der Waals surface area contributed by atoms with Gasteiger partial charge in [0, 0.05) is 6.04 Å². The molecular weight excluding hydrogens is 224 g/mol. The normalized spacial score (nSPS) is 35.9. The van der Waals surface area contributed by atoms with E-state index in [1.807, 2.05) is 0 Å². The lowest BCUT2D eigenvalue weighted by Gasteiger charge is -2.26. The molecule has 3 heteroatoms. The molecule has 2 aliphatic rings. The summed E-state index contributed by atoms with van der Waals surface area (Å²) in [6, 6.07) is 0.550. The van der Waals surface area contributed by atoms with Gasteiger partial charge in [0.15, 0.2) is 0 Å². The molecule has 1 saturated heterocycles. The van der Waals surface area contributed by atoms with Crippen molar-refractivity contribution in [2.24, 2.45) is 17.8 Å². The Morgan fingerprint density at radius 1 is 1.33 bits per heavy atom. The fourth-order valence-electron chi connectivity index (χ4n) is 3.18. The molecule has 0 bridgehead atoms. The van der Waals surface area contributed by atoms with Gasteiger partial charge in [0.2, 0.25) is 5.91 Å². The van der Waals surface area contributed by atoms with Gasteiger partial charge >= 0.3 is 0 Å². The molecule has 1 aliphatic heterocycles. The van der Waals surface area contributed by atoms with Gasteiger partial charge in [0.25, 0.3) is 0 Å². The van der Waals surface area contributed by atoms with E-state index in [-0.39, 0.29) is 12.2 Å². The number of hydrogen-bond acceptors (Lipinski definition) is 2. The Morgan fingerprint density at radius 2 is 2.00 bits per heavy atom. The quantitative estimate of drug-likeness (QED) is 0.816. The minimum atomic E-state index is 0.0341. The van der Waals surface area contributed by atoms with Crippen LogP contribution in [-0.2, 0) is 4.79 Å². The Labute approximate surface area is 111 Å². The molecule has 0 aromatic heterocycles. The van der Waals surface area contributed by atoms with E-state index < -0.39 is 0 Å². The Balaban J connectivity index is 2.09. The molecule has 1 saturated carbocycles. The van der Waals surface area contributed by atoms with Crippen molar-refractivity contribution in [3.05, 3.63) is 0 Å². The molecule has 4 unspecified atom stereocenters. The van der Waals surface area contributed by atoms with Crippen LogP contribution in [0.2, 0.25) is 0 Å². The first-order chi connectivity index (χ1) is 8.45. The van der Waals surface area contributed by atoms with Crippen LogP contribution in [0.1, 0.15) is 53.9 Å². The molecule has 0 spiro atoms. The molecule has 1 aliphatic carbocycles. The average molecular weight is 252 g/mol. The van der Waals surface area contributed by atoms with Crippen molar-refractivity contribution >= 4 is 5.91 Å². The van der Waals surface area contributed by atoms with Crippen LogP contribution in [0.25, 0.3) is 0 Å². The summed E-state index contributed by atoms with van der Waals surface area (Å²) in [4.78, 5) is 14.7. The van der Waals surface area contributed by atoms with Gasteiger partial charge in [-0.3, -0.25) is 10.1 Å². The van der Waals surface area contributed by atoms with Crippen LogP contribution >= 0.6 is 0 Å². The van der Waals surface area contributed by atoms with Crippen LogP contribution in [0.5, 0.6) is 0 Å². The fraction of sp³-hybridized carbons (Fsp3) is 0.933. The van der Waals surface area contributed by atoms with Crippen molar-refractivity contribution in [2.75, 3.05) is 0 Å². The Morgan fingerprint density at radius 3 is 2.44 bits per heavy atom. The van der Waals surface area contributed by atoms with E-state index in [0.717, 1.165) is 12.3 Å².